The first-order chi connectivity index (χ1) is 3.56. The molecule has 0 aliphatic rings. The molecule has 0 nitrogen and oxygen atoms in total. The van der Waals surface area contributed by atoms with Gasteiger partial charge in [-0.15, -0.1) is 0 Å². The van der Waals surface area contributed by atoms with E-state index < -0.39 is 8.07 Å². The molecule has 8 heavy (non-hydrogen) atoms. The number of halogens is 1. The third kappa shape index (κ3) is 7.22. The van der Waals surface area contributed by atoms with E-state index >= 15 is 0 Å². The molecule has 0 aromatic rings. The molecule has 0 heterocycles. The van der Waals surface area contributed by atoms with Crippen LogP contribution in [0.15, 0.2) is 5.70 Å². The summed E-state index contributed by atoms with van der Waals surface area (Å²) in [5, 5.41) is 0. The Kier molecular flexibility index (Phi) is 4.73. The second kappa shape index (κ2) is 4.10. The summed E-state index contributed by atoms with van der Waals surface area (Å²) < 4.78 is 3.30. The molecule has 0 saturated carbocycles. The van der Waals surface area contributed by atoms with Gasteiger partial charge in [-0.1, -0.05) is 0 Å². The fourth-order valence-electron chi connectivity index (χ4n) is 0.172. The predicted molar refractivity (Wildman–Crippen MR) is 46.9 cm³/mol. The van der Waals surface area contributed by atoms with E-state index in [1.807, 2.05) is 0 Å². The summed E-state index contributed by atoms with van der Waals surface area (Å²) in [4.78, 5) is 0. The van der Waals surface area contributed by atoms with Crippen LogP contribution in [0.1, 0.15) is 0 Å². The third-order valence-electron chi connectivity index (χ3n) is 0.523. The minimum absolute atomic E-state index is 0.384. The molecule has 0 aromatic carbocycles. The maximum atomic E-state index is 3.30. The van der Waals surface area contributed by atoms with Crippen molar-refractivity contribution in [3.63, 3.8) is 0 Å². The summed E-state index contributed by atoms with van der Waals surface area (Å²) in [5.41, 5.74) is 2.29. The summed E-state index contributed by atoms with van der Waals surface area (Å²) in [6.45, 7) is 6.98. The first-order valence-corrected chi connectivity index (χ1v) is 12.0. The molecule has 0 radical (unpaired) electrons. The molecule has 0 rings (SSSR count). The third-order valence-corrected chi connectivity index (χ3v) is 3.74. The Balaban J connectivity index is 3.89. The Hall–Kier alpha value is 1.22. The summed E-state index contributed by atoms with van der Waals surface area (Å²) >= 11 is 2.78. The number of hydrogen-bond donors (Lipinski definition) is 0. The zero-order valence-corrected chi connectivity index (χ0v) is 10.2. The molecule has 0 amide bonds. The maximum absolute atomic E-state index is 3.30. The van der Waals surface area contributed by atoms with Crippen molar-refractivity contribution in [2.24, 2.45) is 0 Å². The van der Waals surface area contributed by atoms with Crippen LogP contribution in [-0.2, 0) is 13.2 Å². The molecule has 49 valence electrons. The molecular weight excluding hydrogens is 316 g/mol. The van der Waals surface area contributed by atoms with E-state index in [1.54, 1.807) is 0 Å². The van der Waals surface area contributed by atoms with Crippen LogP contribution in [0, 0.1) is 0 Å². The van der Waals surface area contributed by atoms with Gasteiger partial charge in [0.2, 0.25) is 0 Å². The Morgan fingerprint density at radius 1 is 1.50 bits per heavy atom. The van der Waals surface area contributed by atoms with Crippen LogP contribution < -0.4 is 0 Å². The minimum atomic E-state index is -0.897. The van der Waals surface area contributed by atoms with Crippen molar-refractivity contribution in [1.29, 1.82) is 0 Å². The van der Waals surface area contributed by atoms with E-state index in [0.717, 1.165) is 0 Å². The van der Waals surface area contributed by atoms with Gasteiger partial charge >= 0.3 is 70.6 Å². The Labute approximate surface area is 70.1 Å². The van der Waals surface area contributed by atoms with Gasteiger partial charge in [-0.25, -0.2) is 0 Å². The van der Waals surface area contributed by atoms with Crippen molar-refractivity contribution in [2.45, 2.75) is 19.6 Å². The average molecular weight is 326 g/mol. The zero-order valence-electron chi connectivity index (χ0n) is 5.31. The first-order valence-electron chi connectivity index (χ1n) is 2.39. The van der Waals surface area contributed by atoms with E-state index in [9.17, 15) is 0 Å². The van der Waals surface area contributed by atoms with Gasteiger partial charge in [0, 0.05) is 0 Å². The fourth-order valence-corrected chi connectivity index (χ4v) is 5.01. The standard InChI is InChI=1S/C5H10Si.HI.Ru/c1-5-6(2,3)4;;/h5H,2-4H3;1H;/q;;+1/p-1. The Bertz CT molecular complexity index is 119. The normalized spacial score (nSPS) is 10.5. The van der Waals surface area contributed by atoms with Crippen LogP contribution in [0.3, 0.4) is 0 Å². The zero-order chi connectivity index (χ0) is 6.62. The van der Waals surface area contributed by atoms with Gasteiger partial charge in [0.1, 0.15) is 0 Å². The molecule has 0 atom stereocenters. The summed E-state index contributed by atoms with van der Waals surface area (Å²) in [7, 11) is -0.897. The van der Waals surface area contributed by atoms with Crippen LogP contribution in [0.25, 0.3) is 0 Å². The van der Waals surface area contributed by atoms with Crippen LogP contribution in [-0.4, -0.2) is 12.3 Å². The Morgan fingerprint density at radius 2 is 2.00 bits per heavy atom. The molecule has 3 heteroatoms. The van der Waals surface area contributed by atoms with Crippen molar-refractivity contribution in [3.05, 3.63) is 5.70 Å². The van der Waals surface area contributed by atoms with Crippen molar-refractivity contribution < 1.29 is 13.2 Å². The van der Waals surface area contributed by atoms with Gasteiger partial charge in [-0.3, -0.25) is 0 Å². The summed E-state index contributed by atoms with van der Waals surface area (Å²) in [6.07, 6.45) is 0. The van der Waals surface area contributed by atoms with E-state index in [2.05, 4.69) is 49.4 Å². The second-order valence-electron chi connectivity index (χ2n) is 2.68. The second-order valence-corrected chi connectivity index (χ2v) is 10.8. The molecule has 0 bridgehead atoms. The number of hydrogen-bond acceptors (Lipinski definition) is 0. The van der Waals surface area contributed by atoms with Gasteiger partial charge in [0.05, 0.1) is 0 Å². The van der Waals surface area contributed by atoms with Crippen LogP contribution in [0.5, 0.6) is 0 Å². The van der Waals surface area contributed by atoms with Gasteiger partial charge in [0.15, 0.2) is 0 Å². The SMILES string of the molecule is C[Si](C)(C)C=[C]=[Ru][I]. The molecule has 0 aromatic heterocycles. The van der Waals surface area contributed by atoms with Crippen molar-refractivity contribution in [1.82, 2.24) is 0 Å². The topological polar surface area (TPSA) is 0 Å². The number of rotatable bonds is 1. The van der Waals surface area contributed by atoms with Crippen molar-refractivity contribution >= 4 is 32.1 Å². The average Bonchev–Trinajstić information content (AvgIpc) is 1.59. The summed E-state index contributed by atoms with van der Waals surface area (Å²) in [6, 6.07) is 0. The van der Waals surface area contributed by atoms with Gasteiger partial charge < -0.3 is 0 Å². The van der Waals surface area contributed by atoms with Crippen LogP contribution in [0.2, 0.25) is 19.6 Å². The quantitative estimate of drug-likeness (QED) is 0.512. The fraction of sp³-hybridized carbons (Fsp3) is 0.600. The molecule has 0 unspecified atom stereocenters. The van der Waals surface area contributed by atoms with Gasteiger partial charge in [-0.05, 0) is 0 Å². The van der Waals surface area contributed by atoms with Crippen molar-refractivity contribution in [3.8, 4) is 0 Å². The monoisotopic (exact) mass is 327 g/mol. The molecule has 0 fully saturated rings. The Morgan fingerprint density at radius 3 is 2.12 bits per heavy atom. The van der Waals surface area contributed by atoms with E-state index in [0.29, 0.717) is 13.2 Å². The molecule has 0 aliphatic carbocycles. The molecule has 0 saturated heterocycles. The van der Waals surface area contributed by atoms with E-state index in [1.165, 1.54) is 0 Å². The predicted octanol–water partition coefficient (Wildman–Crippen LogP) is 2.25. The van der Waals surface area contributed by atoms with E-state index in [-0.39, 0.29) is 0 Å². The molecular formula is C5H10IRuSi. The van der Waals surface area contributed by atoms with Gasteiger partial charge in [0.25, 0.3) is 0 Å². The summed E-state index contributed by atoms with van der Waals surface area (Å²) in [5.74, 6) is 0. The van der Waals surface area contributed by atoms with Gasteiger partial charge in [-0.2, -0.15) is 0 Å². The molecule has 0 aliphatic heterocycles. The van der Waals surface area contributed by atoms with Crippen LogP contribution >= 0.6 is 19.8 Å². The van der Waals surface area contributed by atoms with E-state index in [4.69, 9.17) is 0 Å². The van der Waals surface area contributed by atoms with Crippen LogP contribution in [0.4, 0.5) is 0 Å². The first kappa shape index (κ1) is 9.22. The van der Waals surface area contributed by atoms with Crippen molar-refractivity contribution in [2.75, 3.05) is 0 Å². The molecule has 0 spiro atoms. The molecule has 0 N–H and O–H groups in total.